The number of ketones is 1. The van der Waals surface area contributed by atoms with Crippen molar-refractivity contribution in [3.8, 4) is 5.75 Å². The third kappa shape index (κ3) is 4.16. The molecular formula is C21H22N2O4. The Bertz CT molecular complexity index is 864. The minimum absolute atomic E-state index is 0.0663. The van der Waals surface area contributed by atoms with E-state index >= 15 is 0 Å². The molecule has 3 amide bonds. The highest BCUT2D eigenvalue weighted by atomic mass is 16.5. The summed E-state index contributed by atoms with van der Waals surface area (Å²) in [6.07, 6.45) is 1.24. The fraction of sp³-hybridized carbons (Fsp3) is 0.286. The van der Waals surface area contributed by atoms with Gasteiger partial charge in [0.2, 0.25) is 0 Å². The predicted molar refractivity (Wildman–Crippen MR) is 101 cm³/mol. The van der Waals surface area contributed by atoms with Crippen LogP contribution in [-0.4, -0.2) is 35.8 Å². The molecule has 1 fully saturated rings. The fourth-order valence-electron chi connectivity index (χ4n) is 3.17. The summed E-state index contributed by atoms with van der Waals surface area (Å²) in [5.41, 5.74) is 2.25. The van der Waals surface area contributed by atoms with Crippen LogP contribution in [0.2, 0.25) is 0 Å². The maximum absolute atomic E-state index is 12.7. The first-order chi connectivity index (χ1) is 13.0. The molecule has 0 spiro atoms. The third-order valence-corrected chi connectivity index (χ3v) is 4.69. The number of urea groups is 1. The van der Waals surface area contributed by atoms with Gasteiger partial charge in [-0.25, -0.2) is 4.79 Å². The number of rotatable bonds is 7. The lowest BCUT2D eigenvalue weighted by atomic mass is 10.0. The Morgan fingerprint density at radius 2 is 1.89 bits per heavy atom. The molecule has 6 nitrogen and oxygen atoms in total. The number of methoxy groups -OCH3 is 1. The van der Waals surface area contributed by atoms with Gasteiger partial charge in [0.15, 0.2) is 5.78 Å². The van der Waals surface area contributed by atoms with Crippen molar-refractivity contribution in [3.05, 3.63) is 65.2 Å². The number of amides is 3. The van der Waals surface area contributed by atoms with Gasteiger partial charge in [0.05, 0.1) is 13.7 Å². The Labute approximate surface area is 158 Å². The van der Waals surface area contributed by atoms with Crippen LogP contribution in [0.4, 0.5) is 4.79 Å². The van der Waals surface area contributed by atoms with Crippen LogP contribution in [0, 0.1) is 0 Å². The number of aryl methyl sites for hydroxylation is 1. The maximum atomic E-state index is 12.7. The van der Waals surface area contributed by atoms with E-state index in [-0.39, 0.29) is 18.2 Å². The number of imide groups is 1. The normalized spacial score (nSPS) is 16.4. The summed E-state index contributed by atoms with van der Waals surface area (Å²) in [6, 6.07) is 13.9. The molecule has 1 N–H and O–H groups in total. The molecule has 6 heteroatoms. The first-order valence-electron chi connectivity index (χ1n) is 8.83. The lowest BCUT2D eigenvalue weighted by Gasteiger charge is -2.16. The number of Topliss-reactive ketones (excluding diaryl/α,β-unsaturated/α-hetero) is 1. The molecule has 0 unspecified atom stereocenters. The molecule has 1 saturated heterocycles. The van der Waals surface area contributed by atoms with Gasteiger partial charge >= 0.3 is 6.03 Å². The molecule has 1 aliphatic heterocycles. The van der Waals surface area contributed by atoms with Crippen LogP contribution >= 0.6 is 0 Å². The average Bonchev–Trinajstić information content (AvgIpc) is 2.94. The van der Waals surface area contributed by atoms with E-state index in [2.05, 4.69) is 5.32 Å². The summed E-state index contributed by atoms with van der Waals surface area (Å²) in [5.74, 6) is 0.191. The van der Waals surface area contributed by atoms with E-state index in [4.69, 9.17) is 4.74 Å². The average molecular weight is 366 g/mol. The smallest absolute Gasteiger partial charge is 0.325 e. The van der Waals surface area contributed by atoms with Crippen LogP contribution in [0.5, 0.6) is 5.75 Å². The minimum atomic E-state index is -0.542. The van der Waals surface area contributed by atoms with E-state index in [9.17, 15) is 14.4 Å². The van der Waals surface area contributed by atoms with Gasteiger partial charge in [-0.3, -0.25) is 14.5 Å². The van der Waals surface area contributed by atoms with Crippen molar-refractivity contribution in [1.82, 2.24) is 10.2 Å². The summed E-state index contributed by atoms with van der Waals surface area (Å²) in [7, 11) is 1.51. The van der Waals surface area contributed by atoms with Crippen LogP contribution in [0.3, 0.4) is 0 Å². The Morgan fingerprint density at radius 1 is 1.15 bits per heavy atom. The van der Waals surface area contributed by atoms with Gasteiger partial charge in [-0.1, -0.05) is 30.3 Å². The monoisotopic (exact) mass is 366 g/mol. The highest BCUT2D eigenvalue weighted by Crippen LogP contribution is 2.24. The third-order valence-electron chi connectivity index (χ3n) is 4.69. The highest BCUT2D eigenvalue weighted by Gasteiger charge is 2.37. The molecule has 3 rings (SSSR count). The van der Waals surface area contributed by atoms with Gasteiger partial charge in [0.1, 0.15) is 11.8 Å². The zero-order chi connectivity index (χ0) is 19.4. The van der Waals surface area contributed by atoms with Gasteiger partial charge in [0.25, 0.3) is 5.91 Å². The Hall–Kier alpha value is -3.15. The van der Waals surface area contributed by atoms with Gasteiger partial charge in [-0.2, -0.15) is 0 Å². The molecule has 0 radical (unpaired) electrons. The molecule has 0 saturated carbocycles. The summed E-state index contributed by atoms with van der Waals surface area (Å²) >= 11 is 0. The Balaban J connectivity index is 1.72. The molecule has 0 aromatic heterocycles. The number of ether oxygens (including phenoxy) is 1. The van der Waals surface area contributed by atoms with E-state index in [1.54, 1.807) is 18.2 Å². The molecule has 1 heterocycles. The number of carbonyl (C=O) groups is 3. The number of nitrogens with one attached hydrogen (secondary N) is 1. The number of nitrogens with zero attached hydrogens (tertiary/aromatic N) is 1. The molecule has 0 aliphatic carbocycles. The quantitative estimate of drug-likeness (QED) is 0.604. The summed E-state index contributed by atoms with van der Waals surface area (Å²) in [4.78, 5) is 37.8. The van der Waals surface area contributed by atoms with Crippen molar-refractivity contribution in [3.63, 3.8) is 0 Å². The van der Waals surface area contributed by atoms with Gasteiger partial charge in [0, 0.05) is 11.1 Å². The van der Waals surface area contributed by atoms with E-state index in [0.717, 1.165) is 5.56 Å². The van der Waals surface area contributed by atoms with Gasteiger partial charge in [-0.05, 0) is 43.5 Å². The van der Waals surface area contributed by atoms with Crippen LogP contribution in [0.1, 0.15) is 34.8 Å². The zero-order valence-corrected chi connectivity index (χ0v) is 15.4. The zero-order valence-electron chi connectivity index (χ0n) is 15.4. The van der Waals surface area contributed by atoms with E-state index < -0.39 is 12.1 Å². The van der Waals surface area contributed by atoms with E-state index in [1.165, 1.54) is 18.9 Å². The molecule has 1 atom stereocenters. The molecule has 140 valence electrons. The number of carbonyl (C=O) groups excluding carboxylic acids is 3. The molecule has 2 aromatic carbocycles. The predicted octanol–water partition coefficient (Wildman–Crippen LogP) is 2.95. The molecule has 0 bridgehead atoms. The number of hydrogen-bond acceptors (Lipinski definition) is 4. The standard InChI is InChI=1S/C21H22N2O4/c1-14(24)16-9-11-19(27-2)17(12-16)13-23-20(25)18(22-21(23)26)10-8-15-6-4-3-5-7-15/h3-7,9,11-12,18H,8,10,13H2,1-2H3,(H,22,26)/t18-/m0/s1. The second-order valence-electron chi connectivity index (χ2n) is 6.53. The second-order valence-corrected chi connectivity index (χ2v) is 6.53. The first-order valence-corrected chi connectivity index (χ1v) is 8.83. The summed E-state index contributed by atoms with van der Waals surface area (Å²) < 4.78 is 5.31. The SMILES string of the molecule is COc1ccc(C(C)=O)cc1CN1C(=O)N[C@@H](CCc2ccccc2)C1=O. The molecule has 2 aromatic rings. The van der Waals surface area contributed by atoms with Crippen molar-refractivity contribution < 1.29 is 19.1 Å². The number of benzene rings is 2. The largest absolute Gasteiger partial charge is 0.496 e. The van der Waals surface area contributed by atoms with Crippen molar-refractivity contribution in [1.29, 1.82) is 0 Å². The van der Waals surface area contributed by atoms with Crippen LogP contribution in [-0.2, 0) is 17.8 Å². The number of hydrogen-bond donors (Lipinski definition) is 1. The Kier molecular flexibility index (Phi) is 5.54. The first kappa shape index (κ1) is 18.6. The van der Waals surface area contributed by atoms with Crippen LogP contribution in [0.15, 0.2) is 48.5 Å². The van der Waals surface area contributed by atoms with Crippen LogP contribution in [0.25, 0.3) is 0 Å². The van der Waals surface area contributed by atoms with Crippen molar-refractivity contribution in [2.45, 2.75) is 32.4 Å². The highest BCUT2D eigenvalue weighted by molar-refractivity contribution is 6.04. The second kappa shape index (κ2) is 8.03. The lowest BCUT2D eigenvalue weighted by molar-refractivity contribution is -0.128. The summed E-state index contributed by atoms with van der Waals surface area (Å²) in [5, 5.41) is 2.75. The van der Waals surface area contributed by atoms with E-state index in [0.29, 0.717) is 29.7 Å². The van der Waals surface area contributed by atoms with Crippen molar-refractivity contribution in [2.75, 3.05) is 7.11 Å². The minimum Gasteiger partial charge on any atom is -0.496 e. The topological polar surface area (TPSA) is 75.7 Å². The molecule has 27 heavy (non-hydrogen) atoms. The summed E-state index contributed by atoms with van der Waals surface area (Å²) in [6.45, 7) is 1.54. The molecule has 1 aliphatic rings. The van der Waals surface area contributed by atoms with Crippen LogP contribution < -0.4 is 10.1 Å². The van der Waals surface area contributed by atoms with Crippen molar-refractivity contribution in [2.24, 2.45) is 0 Å². The Morgan fingerprint density at radius 3 is 2.56 bits per heavy atom. The van der Waals surface area contributed by atoms with E-state index in [1.807, 2.05) is 30.3 Å². The molecular weight excluding hydrogens is 344 g/mol. The fourth-order valence-corrected chi connectivity index (χ4v) is 3.17. The maximum Gasteiger partial charge on any atom is 0.325 e. The van der Waals surface area contributed by atoms with Crippen molar-refractivity contribution >= 4 is 17.7 Å². The van der Waals surface area contributed by atoms with Gasteiger partial charge < -0.3 is 10.1 Å². The van der Waals surface area contributed by atoms with Gasteiger partial charge in [-0.15, -0.1) is 0 Å². The lowest BCUT2D eigenvalue weighted by Crippen LogP contribution is -2.31.